The highest BCUT2D eigenvalue weighted by Crippen LogP contribution is 2.36. The lowest BCUT2D eigenvalue weighted by molar-refractivity contribution is -0.117. The van der Waals surface area contributed by atoms with Crippen LogP contribution in [0.3, 0.4) is 0 Å². The summed E-state index contributed by atoms with van der Waals surface area (Å²) in [5.74, 6) is 2.08. The Morgan fingerprint density at radius 1 is 1.03 bits per heavy atom. The van der Waals surface area contributed by atoms with E-state index in [0.717, 1.165) is 11.3 Å². The molecular weight excluding hydrogens is 370 g/mol. The number of rotatable bonds is 5. The van der Waals surface area contributed by atoms with Crippen LogP contribution >= 0.6 is 0 Å². The van der Waals surface area contributed by atoms with Crippen molar-refractivity contribution in [3.63, 3.8) is 0 Å². The molecule has 150 valence electrons. The Kier molecular flexibility index (Phi) is 4.96. The van der Waals surface area contributed by atoms with Crippen molar-refractivity contribution in [3.8, 4) is 22.9 Å². The van der Waals surface area contributed by atoms with E-state index in [1.54, 1.807) is 31.3 Å². The highest BCUT2D eigenvalue weighted by atomic mass is 16.5. The van der Waals surface area contributed by atoms with Crippen molar-refractivity contribution in [2.24, 2.45) is 0 Å². The highest BCUT2D eigenvalue weighted by molar-refractivity contribution is 5.96. The van der Waals surface area contributed by atoms with Crippen molar-refractivity contribution < 1.29 is 18.8 Å². The van der Waals surface area contributed by atoms with Crippen molar-refractivity contribution >= 4 is 11.6 Å². The summed E-state index contributed by atoms with van der Waals surface area (Å²) in [5, 5.41) is 4.12. The van der Waals surface area contributed by atoms with Crippen LogP contribution in [0, 0.1) is 13.8 Å². The molecule has 1 aliphatic heterocycles. The zero-order chi connectivity index (χ0) is 20.5. The molecule has 1 aromatic heterocycles. The standard InChI is InChI=1S/C22H23N3O4/c1-13-5-6-15(9-14(13)2)21-23-22(29-24-21)16-10-20(26)25(12-16)17-7-8-18(27-3)19(11-17)28-4/h5-9,11,16H,10,12H2,1-4H3. The van der Waals surface area contributed by atoms with E-state index in [1.807, 2.05) is 24.3 Å². The van der Waals surface area contributed by atoms with Crippen LogP contribution in [0.25, 0.3) is 11.4 Å². The van der Waals surface area contributed by atoms with E-state index < -0.39 is 0 Å². The zero-order valence-corrected chi connectivity index (χ0v) is 16.9. The quantitative estimate of drug-likeness (QED) is 0.654. The maximum absolute atomic E-state index is 12.6. The minimum Gasteiger partial charge on any atom is -0.493 e. The van der Waals surface area contributed by atoms with Gasteiger partial charge < -0.3 is 18.9 Å². The first-order valence-corrected chi connectivity index (χ1v) is 9.43. The second kappa shape index (κ2) is 7.58. The van der Waals surface area contributed by atoms with Gasteiger partial charge in [-0.3, -0.25) is 4.79 Å². The van der Waals surface area contributed by atoms with Gasteiger partial charge in [-0.1, -0.05) is 17.3 Å². The molecule has 0 N–H and O–H groups in total. The van der Waals surface area contributed by atoms with Crippen LogP contribution in [0.4, 0.5) is 5.69 Å². The number of carbonyl (C=O) groups excluding carboxylic acids is 1. The zero-order valence-electron chi connectivity index (χ0n) is 16.9. The fourth-order valence-corrected chi connectivity index (χ4v) is 3.51. The molecule has 1 amide bonds. The summed E-state index contributed by atoms with van der Waals surface area (Å²) in [6.07, 6.45) is 0.322. The molecule has 2 heterocycles. The number of aromatic nitrogens is 2. The number of carbonyl (C=O) groups is 1. The molecule has 1 aliphatic rings. The summed E-state index contributed by atoms with van der Waals surface area (Å²) in [5.41, 5.74) is 4.04. The van der Waals surface area contributed by atoms with E-state index in [2.05, 4.69) is 24.0 Å². The fraction of sp³-hybridized carbons (Fsp3) is 0.318. The smallest absolute Gasteiger partial charge is 0.232 e. The summed E-state index contributed by atoms with van der Waals surface area (Å²) < 4.78 is 16.1. The summed E-state index contributed by atoms with van der Waals surface area (Å²) in [6, 6.07) is 11.5. The predicted molar refractivity (Wildman–Crippen MR) is 108 cm³/mol. The lowest BCUT2D eigenvalue weighted by Crippen LogP contribution is -2.24. The number of amides is 1. The molecule has 0 bridgehead atoms. The van der Waals surface area contributed by atoms with Gasteiger partial charge in [-0.2, -0.15) is 4.98 Å². The Morgan fingerprint density at radius 2 is 1.83 bits per heavy atom. The Morgan fingerprint density at radius 3 is 2.55 bits per heavy atom. The van der Waals surface area contributed by atoms with Gasteiger partial charge in [0, 0.05) is 30.3 Å². The average Bonchev–Trinajstić information content (AvgIpc) is 3.36. The Hall–Kier alpha value is -3.35. The molecule has 1 unspecified atom stereocenters. The van der Waals surface area contributed by atoms with Crippen LogP contribution in [-0.2, 0) is 4.79 Å². The van der Waals surface area contributed by atoms with Crippen molar-refractivity contribution in [3.05, 3.63) is 53.4 Å². The second-order valence-electron chi connectivity index (χ2n) is 7.20. The minimum absolute atomic E-state index is 0.00755. The number of nitrogens with zero attached hydrogens (tertiary/aromatic N) is 3. The number of ether oxygens (including phenoxy) is 2. The first-order chi connectivity index (χ1) is 14.0. The number of hydrogen-bond donors (Lipinski definition) is 0. The lowest BCUT2D eigenvalue weighted by Gasteiger charge is -2.18. The molecule has 0 aliphatic carbocycles. The van der Waals surface area contributed by atoms with Gasteiger partial charge in [-0.05, 0) is 43.2 Å². The van der Waals surface area contributed by atoms with Gasteiger partial charge >= 0.3 is 0 Å². The minimum atomic E-state index is -0.150. The fourth-order valence-electron chi connectivity index (χ4n) is 3.51. The van der Waals surface area contributed by atoms with E-state index in [0.29, 0.717) is 36.2 Å². The van der Waals surface area contributed by atoms with Crippen LogP contribution in [-0.4, -0.2) is 36.8 Å². The molecule has 1 fully saturated rings. The number of aryl methyl sites for hydroxylation is 2. The van der Waals surface area contributed by atoms with E-state index in [-0.39, 0.29) is 11.8 Å². The van der Waals surface area contributed by atoms with E-state index in [4.69, 9.17) is 14.0 Å². The summed E-state index contributed by atoms with van der Waals surface area (Å²) in [7, 11) is 3.15. The largest absolute Gasteiger partial charge is 0.493 e. The van der Waals surface area contributed by atoms with Gasteiger partial charge in [0.15, 0.2) is 11.5 Å². The van der Waals surface area contributed by atoms with Gasteiger partial charge in [0.2, 0.25) is 17.6 Å². The van der Waals surface area contributed by atoms with Gasteiger partial charge in [0.05, 0.1) is 20.1 Å². The van der Waals surface area contributed by atoms with Crippen LogP contribution < -0.4 is 14.4 Å². The van der Waals surface area contributed by atoms with Crippen molar-refractivity contribution in [2.75, 3.05) is 25.7 Å². The third kappa shape index (κ3) is 3.55. The number of hydrogen-bond acceptors (Lipinski definition) is 6. The average molecular weight is 393 g/mol. The van der Waals surface area contributed by atoms with Gasteiger partial charge in [-0.25, -0.2) is 0 Å². The normalized spacial score (nSPS) is 16.3. The molecule has 4 rings (SSSR count). The first-order valence-electron chi connectivity index (χ1n) is 9.43. The topological polar surface area (TPSA) is 77.7 Å². The molecule has 2 aromatic carbocycles. The maximum atomic E-state index is 12.6. The molecule has 7 nitrogen and oxygen atoms in total. The van der Waals surface area contributed by atoms with E-state index >= 15 is 0 Å². The summed E-state index contributed by atoms with van der Waals surface area (Å²) >= 11 is 0. The third-order valence-corrected chi connectivity index (χ3v) is 5.36. The number of methoxy groups -OCH3 is 2. The molecule has 0 spiro atoms. The van der Waals surface area contributed by atoms with E-state index in [1.165, 1.54) is 11.1 Å². The molecule has 3 aromatic rings. The van der Waals surface area contributed by atoms with Crippen LogP contribution in [0.2, 0.25) is 0 Å². The molecule has 1 atom stereocenters. The van der Waals surface area contributed by atoms with Crippen molar-refractivity contribution in [2.45, 2.75) is 26.2 Å². The summed E-state index contributed by atoms with van der Waals surface area (Å²) in [4.78, 5) is 18.9. The molecular formula is C22H23N3O4. The highest BCUT2D eigenvalue weighted by Gasteiger charge is 2.35. The maximum Gasteiger partial charge on any atom is 0.232 e. The van der Waals surface area contributed by atoms with Crippen molar-refractivity contribution in [1.82, 2.24) is 10.1 Å². The molecule has 1 saturated heterocycles. The number of benzene rings is 2. The predicted octanol–water partition coefficient (Wildman–Crippen LogP) is 3.89. The van der Waals surface area contributed by atoms with Crippen molar-refractivity contribution in [1.29, 1.82) is 0 Å². The second-order valence-corrected chi connectivity index (χ2v) is 7.20. The Balaban J connectivity index is 1.55. The summed E-state index contributed by atoms with van der Waals surface area (Å²) in [6.45, 7) is 4.59. The molecule has 0 saturated carbocycles. The molecule has 0 radical (unpaired) electrons. The third-order valence-electron chi connectivity index (χ3n) is 5.36. The van der Waals surface area contributed by atoms with Gasteiger partial charge in [0.1, 0.15) is 0 Å². The SMILES string of the molecule is COc1ccc(N2CC(c3nc(-c4ccc(C)c(C)c4)no3)CC2=O)cc1OC. The van der Waals surface area contributed by atoms with Crippen LogP contribution in [0.15, 0.2) is 40.9 Å². The number of anilines is 1. The van der Waals surface area contributed by atoms with E-state index in [9.17, 15) is 4.79 Å². The Labute approximate surface area is 169 Å². The van der Waals surface area contributed by atoms with Gasteiger partial charge in [0.25, 0.3) is 0 Å². The first kappa shape index (κ1) is 19.0. The van der Waals surface area contributed by atoms with Crippen LogP contribution in [0.1, 0.15) is 29.4 Å². The molecule has 29 heavy (non-hydrogen) atoms. The Bertz CT molecular complexity index is 1060. The van der Waals surface area contributed by atoms with Gasteiger partial charge in [-0.15, -0.1) is 0 Å². The lowest BCUT2D eigenvalue weighted by atomic mass is 10.1. The monoisotopic (exact) mass is 393 g/mol. The molecule has 7 heteroatoms. The van der Waals surface area contributed by atoms with Crippen LogP contribution in [0.5, 0.6) is 11.5 Å².